The number of hydrogen-bond acceptors (Lipinski definition) is 6. The number of likely N-dealkylation sites (tertiary alicyclic amines) is 1. The fourth-order valence-corrected chi connectivity index (χ4v) is 6.66. The Kier molecular flexibility index (Phi) is 7.93. The molecule has 4 aromatic rings. The molecule has 1 amide bonds. The summed E-state index contributed by atoms with van der Waals surface area (Å²) in [4.78, 5) is 24.9. The maximum absolute atomic E-state index is 13.8. The average Bonchev–Trinajstić information content (AvgIpc) is 3.25. The Morgan fingerprint density at radius 1 is 0.975 bits per heavy atom. The molecule has 40 heavy (non-hydrogen) atoms. The Bertz CT molecular complexity index is 1510. The normalized spacial score (nSPS) is 18.8. The lowest BCUT2D eigenvalue weighted by Gasteiger charge is -2.24. The maximum Gasteiger partial charge on any atom is 0.241 e. The minimum absolute atomic E-state index is 0.0264. The van der Waals surface area contributed by atoms with Gasteiger partial charge in [0.05, 0.1) is 6.04 Å². The molecule has 7 heteroatoms. The number of thioether (sulfide) groups is 1. The first-order valence-corrected chi connectivity index (χ1v) is 14.7. The summed E-state index contributed by atoms with van der Waals surface area (Å²) in [6, 6.07) is 26.6. The molecule has 0 aliphatic carbocycles. The molecule has 202 valence electrons. The van der Waals surface area contributed by atoms with Gasteiger partial charge in [-0.25, -0.2) is 9.97 Å². The second kappa shape index (κ2) is 12.1. The maximum atomic E-state index is 13.8. The van der Waals surface area contributed by atoms with Crippen molar-refractivity contribution in [1.82, 2.24) is 14.9 Å². The predicted octanol–water partition coefficient (Wildman–Crippen LogP) is 6.60. The molecule has 0 unspecified atom stereocenters. The van der Waals surface area contributed by atoms with E-state index >= 15 is 0 Å². The molecule has 1 fully saturated rings. The van der Waals surface area contributed by atoms with Crippen LogP contribution >= 0.6 is 11.8 Å². The minimum Gasteiger partial charge on any atom is -0.355 e. The van der Waals surface area contributed by atoms with Gasteiger partial charge in [0.1, 0.15) is 0 Å². The molecule has 2 atom stereocenters. The summed E-state index contributed by atoms with van der Waals surface area (Å²) in [5.41, 5.74) is 7.97. The van der Waals surface area contributed by atoms with Crippen LogP contribution in [0.15, 0.2) is 102 Å². The highest BCUT2D eigenvalue weighted by Crippen LogP contribution is 2.34. The van der Waals surface area contributed by atoms with E-state index in [2.05, 4.69) is 87.0 Å². The number of nitrogens with zero attached hydrogens (tertiary/aromatic N) is 3. The third-order valence-electron chi connectivity index (χ3n) is 7.47. The molecule has 2 aliphatic rings. The van der Waals surface area contributed by atoms with Crippen LogP contribution in [0.5, 0.6) is 0 Å². The van der Waals surface area contributed by atoms with Gasteiger partial charge in [0.15, 0.2) is 5.16 Å². The molecular formula is C33H33N5OS. The van der Waals surface area contributed by atoms with Crippen LogP contribution in [0.2, 0.25) is 0 Å². The van der Waals surface area contributed by atoms with Crippen LogP contribution < -0.4 is 10.6 Å². The number of aromatic nitrogens is 2. The van der Waals surface area contributed by atoms with E-state index in [4.69, 9.17) is 0 Å². The van der Waals surface area contributed by atoms with Crippen LogP contribution in [0.1, 0.15) is 30.0 Å². The van der Waals surface area contributed by atoms with Crippen LogP contribution in [0.3, 0.4) is 0 Å². The number of aryl methyl sites for hydroxylation is 2. The number of rotatable bonds is 7. The molecule has 3 aromatic carbocycles. The minimum atomic E-state index is -0.243. The Hall–Kier alpha value is -3.94. The zero-order valence-electron chi connectivity index (χ0n) is 22.6. The highest BCUT2D eigenvalue weighted by Gasteiger charge is 2.37. The molecule has 6 rings (SSSR count). The van der Waals surface area contributed by atoms with Gasteiger partial charge in [-0.2, -0.15) is 0 Å². The first-order chi connectivity index (χ1) is 19.6. The SMILES string of the molecule is C/C(=C\c1ccccc1)CN1C[C@@H](Sc2ncccn2)C[C@H]1C(=O)Nc1ccc2c(c1)Nc1ccccc1CC2. The number of nitrogens with one attached hydrogen (secondary N) is 2. The van der Waals surface area contributed by atoms with Crippen molar-refractivity contribution in [3.05, 3.63) is 114 Å². The van der Waals surface area contributed by atoms with Crippen LogP contribution in [0.4, 0.5) is 17.1 Å². The van der Waals surface area contributed by atoms with E-state index in [1.54, 1.807) is 24.2 Å². The average molecular weight is 548 g/mol. The zero-order valence-corrected chi connectivity index (χ0v) is 23.4. The molecule has 2 N–H and O–H groups in total. The molecule has 1 aromatic heterocycles. The molecule has 1 saturated heterocycles. The Morgan fingerprint density at radius 3 is 2.55 bits per heavy atom. The fourth-order valence-electron chi connectivity index (χ4n) is 5.58. The summed E-state index contributed by atoms with van der Waals surface area (Å²) in [5.74, 6) is 0.0264. The zero-order chi connectivity index (χ0) is 27.3. The summed E-state index contributed by atoms with van der Waals surface area (Å²) in [7, 11) is 0. The first kappa shape index (κ1) is 26.3. The summed E-state index contributed by atoms with van der Waals surface area (Å²) in [5, 5.41) is 7.81. The lowest BCUT2D eigenvalue weighted by atomic mass is 10.0. The van der Waals surface area contributed by atoms with E-state index in [0.29, 0.717) is 0 Å². The number of para-hydroxylation sites is 1. The number of carbonyl (C=O) groups is 1. The van der Waals surface area contributed by atoms with E-state index in [9.17, 15) is 4.79 Å². The largest absolute Gasteiger partial charge is 0.355 e. The van der Waals surface area contributed by atoms with E-state index in [1.165, 1.54) is 22.3 Å². The Balaban J connectivity index is 1.19. The van der Waals surface area contributed by atoms with E-state index < -0.39 is 0 Å². The number of carbonyl (C=O) groups excluding carboxylic acids is 1. The summed E-state index contributed by atoms with van der Waals surface area (Å²) in [6.07, 6.45) is 8.44. The lowest BCUT2D eigenvalue weighted by Crippen LogP contribution is -2.40. The number of benzene rings is 3. The number of anilines is 3. The first-order valence-electron chi connectivity index (χ1n) is 13.8. The number of amides is 1. The smallest absolute Gasteiger partial charge is 0.241 e. The molecule has 2 aliphatic heterocycles. The molecule has 0 spiro atoms. The van der Waals surface area contributed by atoms with Gasteiger partial charge in [0, 0.05) is 47.8 Å². The Morgan fingerprint density at radius 2 is 1.73 bits per heavy atom. The van der Waals surface area contributed by atoms with Gasteiger partial charge in [-0.3, -0.25) is 9.69 Å². The molecular weight excluding hydrogens is 514 g/mol. The highest BCUT2D eigenvalue weighted by atomic mass is 32.2. The van der Waals surface area contributed by atoms with Gasteiger partial charge in [-0.05, 0) is 67.1 Å². The van der Waals surface area contributed by atoms with Gasteiger partial charge in [0.2, 0.25) is 5.91 Å². The quantitative estimate of drug-likeness (QED) is 0.254. The number of fused-ring (bicyclic) bond motifs is 2. The van der Waals surface area contributed by atoms with Crippen molar-refractivity contribution in [3.8, 4) is 0 Å². The number of hydrogen-bond donors (Lipinski definition) is 2. The van der Waals surface area contributed by atoms with Crippen molar-refractivity contribution in [2.45, 2.75) is 42.6 Å². The van der Waals surface area contributed by atoms with Crippen molar-refractivity contribution in [2.24, 2.45) is 0 Å². The van der Waals surface area contributed by atoms with Crippen molar-refractivity contribution in [2.75, 3.05) is 23.7 Å². The topological polar surface area (TPSA) is 70.2 Å². The van der Waals surface area contributed by atoms with Crippen LogP contribution in [0, 0.1) is 0 Å². The van der Waals surface area contributed by atoms with E-state index in [0.717, 1.165) is 54.6 Å². The second-order valence-corrected chi connectivity index (χ2v) is 11.8. The van der Waals surface area contributed by atoms with E-state index in [1.807, 2.05) is 30.3 Å². The predicted molar refractivity (Wildman–Crippen MR) is 164 cm³/mol. The molecule has 6 nitrogen and oxygen atoms in total. The summed E-state index contributed by atoms with van der Waals surface area (Å²) < 4.78 is 0. The van der Waals surface area contributed by atoms with Gasteiger partial charge >= 0.3 is 0 Å². The monoisotopic (exact) mass is 547 g/mol. The second-order valence-electron chi connectivity index (χ2n) is 10.5. The third kappa shape index (κ3) is 6.27. The molecule has 0 saturated carbocycles. The van der Waals surface area contributed by atoms with Crippen molar-refractivity contribution in [1.29, 1.82) is 0 Å². The standard InChI is InChI=1S/C33H33N5OS/c1-23(18-24-8-3-2-4-9-24)21-38-22-28(40-33-34-16-7-17-35-33)20-31(38)32(39)36-27-15-14-26-13-12-25-10-5-6-11-29(25)37-30(26)19-27/h2-11,14-19,28,31,37H,12-13,20-22H2,1H3,(H,36,39)/b23-18+/t28-,31-/m0/s1. The molecule has 3 heterocycles. The Labute approximate surface area is 239 Å². The van der Waals surface area contributed by atoms with Gasteiger partial charge in [-0.15, -0.1) is 0 Å². The van der Waals surface area contributed by atoms with Gasteiger partial charge in [-0.1, -0.05) is 78.0 Å². The highest BCUT2D eigenvalue weighted by molar-refractivity contribution is 7.99. The van der Waals surface area contributed by atoms with Crippen molar-refractivity contribution < 1.29 is 4.79 Å². The molecule has 0 radical (unpaired) electrons. The van der Waals surface area contributed by atoms with Crippen molar-refractivity contribution >= 4 is 40.8 Å². The molecule has 0 bridgehead atoms. The fraction of sp³-hybridized carbons (Fsp3) is 0.242. The summed E-state index contributed by atoms with van der Waals surface area (Å²) >= 11 is 1.65. The third-order valence-corrected chi connectivity index (χ3v) is 8.57. The van der Waals surface area contributed by atoms with E-state index in [-0.39, 0.29) is 17.2 Å². The van der Waals surface area contributed by atoms with Crippen molar-refractivity contribution in [3.63, 3.8) is 0 Å². The summed E-state index contributed by atoms with van der Waals surface area (Å²) in [6.45, 7) is 3.66. The van der Waals surface area contributed by atoms with Gasteiger partial charge in [0.25, 0.3) is 0 Å². The van der Waals surface area contributed by atoms with Gasteiger partial charge < -0.3 is 10.6 Å². The van der Waals surface area contributed by atoms with Crippen LogP contribution in [0.25, 0.3) is 6.08 Å². The van der Waals surface area contributed by atoms with Crippen LogP contribution in [-0.4, -0.2) is 45.2 Å². The lowest BCUT2D eigenvalue weighted by molar-refractivity contribution is -0.120. The van der Waals surface area contributed by atoms with Crippen LogP contribution in [-0.2, 0) is 17.6 Å².